The van der Waals surface area contributed by atoms with E-state index in [0.29, 0.717) is 12.5 Å². The van der Waals surface area contributed by atoms with Crippen LogP contribution in [-0.4, -0.2) is 48.1 Å². The Morgan fingerprint density at radius 2 is 1.82 bits per heavy atom. The van der Waals surface area contributed by atoms with Crippen molar-refractivity contribution < 1.29 is 0 Å². The molecule has 1 aromatic heterocycles. The van der Waals surface area contributed by atoms with Crippen LogP contribution in [0.1, 0.15) is 5.69 Å². The van der Waals surface area contributed by atoms with Gasteiger partial charge in [0.1, 0.15) is 0 Å². The van der Waals surface area contributed by atoms with Gasteiger partial charge in [-0.05, 0) is 37.4 Å². The standard InChI is InChI=1S/C16H22N6/c1-21-8-10-22(11-9-21)15-4-2-13(3-5-15)19-16-18-7-6-14(12-17)20-16/h2-7H,8-12,17H2,1H3,(H,18,19,20). The first kappa shape index (κ1) is 14.7. The van der Waals surface area contributed by atoms with E-state index >= 15 is 0 Å². The Morgan fingerprint density at radius 1 is 1.09 bits per heavy atom. The van der Waals surface area contributed by atoms with E-state index in [9.17, 15) is 0 Å². The van der Waals surface area contributed by atoms with E-state index in [0.717, 1.165) is 37.6 Å². The molecule has 2 aromatic rings. The number of benzene rings is 1. The van der Waals surface area contributed by atoms with Gasteiger partial charge in [-0.25, -0.2) is 9.97 Å². The molecule has 1 aliphatic rings. The third kappa shape index (κ3) is 3.52. The van der Waals surface area contributed by atoms with E-state index in [1.165, 1.54) is 5.69 Å². The van der Waals surface area contributed by atoms with Gasteiger partial charge in [-0.2, -0.15) is 0 Å². The summed E-state index contributed by atoms with van der Waals surface area (Å²) in [6.45, 7) is 4.79. The summed E-state index contributed by atoms with van der Waals surface area (Å²) < 4.78 is 0. The van der Waals surface area contributed by atoms with Crippen LogP contribution in [0.3, 0.4) is 0 Å². The van der Waals surface area contributed by atoms with Crippen molar-refractivity contribution in [1.82, 2.24) is 14.9 Å². The number of hydrogen-bond donors (Lipinski definition) is 2. The van der Waals surface area contributed by atoms with Gasteiger partial charge >= 0.3 is 0 Å². The molecule has 1 aromatic carbocycles. The lowest BCUT2D eigenvalue weighted by Gasteiger charge is -2.34. The molecule has 0 saturated carbocycles. The summed E-state index contributed by atoms with van der Waals surface area (Å²) in [5, 5.41) is 3.21. The smallest absolute Gasteiger partial charge is 0.227 e. The number of hydrogen-bond acceptors (Lipinski definition) is 6. The van der Waals surface area contributed by atoms with Gasteiger partial charge < -0.3 is 20.9 Å². The molecular formula is C16H22N6. The van der Waals surface area contributed by atoms with Crippen molar-refractivity contribution in [3.63, 3.8) is 0 Å². The minimum absolute atomic E-state index is 0.416. The van der Waals surface area contributed by atoms with Crippen molar-refractivity contribution in [2.45, 2.75) is 6.54 Å². The molecule has 0 radical (unpaired) electrons. The van der Waals surface area contributed by atoms with Crippen LogP contribution in [-0.2, 0) is 6.54 Å². The van der Waals surface area contributed by atoms with Gasteiger partial charge in [0, 0.05) is 50.3 Å². The molecule has 0 atom stereocenters. The van der Waals surface area contributed by atoms with Crippen LogP contribution in [0.5, 0.6) is 0 Å². The molecule has 6 nitrogen and oxygen atoms in total. The van der Waals surface area contributed by atoms with Gasteiger partial charge in [-0.1, -0.05) is 0 Å². The lowest BCUT2D eigenvalue weighted by Crippen LogP contribution is -2.44. The van der Waals surface area contributed by atoms with E-state index in [1.54, 1.807) is 6.20 Å². The zero-order chi connectivity index (χ0) is 15.4. The Bertz CT molecular complexity index is 604. The molecule has 0 spiro atoms. The predicted molar refractivity (Wildman–Crippen MR) is 89.4 cm³/mol. The maximum atomic E-state index is 5.60. The van der Waals surface area contributed by atoms with Gasteiger partial charge in [0.25, 0.3) is 0 Å². The first-order valence-corrected chi connectivity index (χ1v) is 7.57. The molecule has 2 heterocycles. The van der Waals surface area contributed by atoms with E-state index in [-0.39, 0.29) is 0 Å². The molecule has 0 unspecified atom stereocenters. The maximum absolute atomic E-state index is 5.60. The van der Waals surface area contributed by atoms with Crippen molar-refractivity contribution in [1.29, 1.82) is 0 Å². The summed E-state index contributed by atoms with van der Waals surface area (Å²) in [4.78, 5) is 13.3. The van der Waals surface area contributed by atoms with E-state index < -0.39 is 0 Å². The molecule has 1 fully saturated rings. The van der Waals surface area contributed by atoms with Crippen LogP contribution in [0.15, 0.2) is 36.5 Å². The summed E-state index contributed by atoms with van der Waals surface area (Å²) in [5.41, 5.74) is 8.66. The highest BCUT2D eigenvalue weighted by molar-refractivity contribution is 5.59. The number of nitrogens with zero attached hydrogens (tertiary/aromatic N) is 4. The summed E-state index contributed by atoms with van der Waals surface area (Å²) in [7, 11) is 2.17. The second-order valence-electron chi connectivity index (χ2n) is 5.54. The van der Waals surface area contributed by atoms with E-state index in [1.807, 2.05) is 6.07 Å². The summed E-state index contributed by atoms with van der Waals surface area (Å²) in [6.07, 6.45) is 1.72. The lowest BCUT2D eigenvalue weighted by molar-refractivity contribution is 0.313. The van der Waals surface area contributed by atoms with Crippen molar-refractivity contribution >= 4 is 17.3 Å². The zero-order valence-electron chi connectivity index (χ0n) is 12.9. The monoisotopic (exact) mass is 298 g/mol. The van der Waals surface area contributed by atoms with Gasteiger partial charge in [0.2, 0.25) is 5.95 Å². The number of anilines is 3. The van der Waals surface area contributed by atoms with Gasteiger partial charge in [0.15, 0.2) is 0 Å². The topological polar surface area (TPSA) is 70.3 Å². The number of likely N-dealkylation sites (N-methyl/N-ethyl adjacent to an activating group) is 1. The molecule has 0 aliphatic carbocycles. The zero-order valence-corrected chi connectivity index (χ0v) is 12.9. The average molecular weight is 298 g/mol. The Balaban J connectivity index is 1.66. The number of nitrogens with one attached hydrogen (secondary N) is 1. The van der Waals surface area contributed by atoms with Crippen molar-refractivity contribution in [2.24, 2.45) is 5.73 Å². The minimum atomic E-state index is 0.416. The summed E-state index contributed by atoms with van der Waals surface area (Å²) in [5.74, 6) is 0.579. The SMILES string of the molecule is CN1CCN(c2ccc(Nc3nccc(CN)n3)cc2)CC1. The van der Waals surface area contributed by atoms with E-state index in [4.69, 9.17) is 5.73 Å². The van der Waals surface area contributed by atoms with Gasteiger partial charge in [0.05, 0.1) is 5.69 Å². The highest BCUT2D eigenvalue weighted by Crippen LogP contribution is 2.20. The fraction of sp³-hybridized carbons (Fsp3) is 0.375. The Labute approximate surface area is 131 Å². The lowest BCUT2D eigenvalue weighted by atomic mass is 10.2. The molecule has 3 rings (SSSR count). The molecule has 6 heteroatoms. The highest BCUT2D eigenvalue weighted by Gasteiger charge is 2.13. The molecule has 116 valence electrons. The molecule has 3 N–H and O–H groups in total. The fourth-order valence-electron chi connectivity index (χ4n) is 2.52. The van der Waals surface area contributed by atoms with Crippen molar-refractivity contribution in [3.8, 4) is 0 Å². The first-order valence-electron chi connectivity index (χ1n) is 7.57. The Kier molecular flexibility index (Phi) is 4.50. The molecule has 1 aliphatic heterocycles. The maximum Gasteiger partial charge on any atom is 0.227 e. The second-order valence-corrected chi connectivity index (χ2v) is 5.54. The van der Waals surface area contributed by atoms with Gasteiger partial charge in [-0.3, -0.25) is 0 Å². The number of piperazine rings is 1. The largest absolute Gasteiger partial charge is 0.369 e. The minimum Gasteiger partial charge on any atom is -0.369 e. The molecule has 0 amide bonds. The quantitative estimate of drug-likeness (QED) is 0.890. The molecule has 22 heavy (non-hydrogen) atoms. The first-order chi connectivity index (χ1) is 10.7. The molecule has 1 saturated heterocycles. The fourth-order valence-corrected chi connectivity index (χ4v) is 2.52. The third-order valence-electron chi connectivity index (χ3n) is 3.91. The Hall–Kier alpha value is -2.18. The summed E-state index contributed by atoms with van der Waals surface area (Å²) >= 11 is 0. The van der Waals surface area contributed by atoms with E-state index in [2.05, 4.69) is 56.4 Å². The summed E-state index contributed by atoms with van der Waals surface area (Å²) in [6, 6.07) is 10.2. The molecule has 0 bridgehead atoms. The number of rotatable bonds is 4. The van der Waals surface area contributed by atoms with Crippen molar-refractivity contribution in [3.05, 3.63) is 42.2 Å². The van der Waals surface area contributed by atoms with Crippen LogP contribution in [0, 0.1) is 0 Å². The highest BCUT2D eigenvalue weighted by atomic mass is 15.2. The third-order valence-corrected chi connectivity index (χ3v) is 3.91. The van der Waals surface area contributed by atoms with Crippen LogP contribution in [0.2, 0.25) is 0 Å². The van der Waals surface area contributed by atoms with Crippen molar-refractivity contribution in [2.75, 3.05) is 43.4 Å². The van der Waals surface area contributed by atoms with Crippen LogP contribution in [0.4, 0.5) is 17.3 Å². The van der Waals surface area contributed by atoms with Crippen LogP contribution in [0.25, 0.3) is 0 Å². The Morgan fingerprint density at radius 3 is 2.50 bits per heavy atom. The predicted octanol–water partition coefficient (Wildman–Crippen LogP) is 1.43. The van der Waals surface area contributed by atoms with Crippen LogP contribution < -0.4 is 16.0 Å². The number of nitrogens with two attached hydrogens (primary N) is 1. The molecular weight excluding hydrogens is 276 g/mol. The average Bonchev–Trinajstić information content (AvgIpc) is 2.57. The van der Waals surface area contributed by atoms with Crippen LogP contribution >= 0.6 is 0 Å². The second kappa shape index (κ2) is 6.72. The number of aromatic nitrogens is 2. The van der Waals surface area contributed by atoms with Gasteiger partial charge in [-0.15, -0.1) is 0 Å². The normalized spacial score (nSPS) is 15.8.